The molecule has 11 heteroatoms. The van der Waals surface area contributed by atoms with E-state index in [2.05, 4.69) is 4.65 Å². The van der Waals surface area contributed by atoms with Crippen LogP contribution in [0.3, 0.4) is 0 Å². The fourth-order valence-electron chi connectivity index (χ4n) is 1.12. The molecule has 2 N–H and O–H groups in total. The number of hydrogen-bond donors (Lipinski definition) is 2. The standard InChI is InChI=1S/C8H5BF6O3.Na.H/c10-7(11,12)4-1-5(8(13,14)15)3-6(2-4)18-9(16)17;;/h1-3,16-17H;;. The zero-order chi connectivity index (χ0) is 14.1. The van der Waals surface area contributed by atoms with Crippen LogP contribution >= 0.6 is 0 Å². The summed E-state index contributed by atoms with van der Waals surface area (Å²) in [6, 6.07) is 0.361. The molecule has 0 atom stereocenters. The number of rotatable bonds is 2. The van der Waals surface area contributed by atoms with Crippen molar-refractivity contribution >= 4 is 36.9 Å². The minimum atomic E-state index is -5.01. The van der Waals surface area contributed by atoms with Gasteiger partial charge in [-0.15, -0.1) is 0 Å². The maximum atomic E-state index is 12.3. The molecule has 0 spiro atoms. The van der Waals surface area contributed by atoms with Gasteiger partial charge in [-0.3, -0.25) is 0 Å². The summed E-state index contributed by atoms with van der Waals surface area (Å²) in [6.45, 7) is 0. The first-order valence-electron chi connectivity index (χ1n) is 4.32. The SMILES string of the molecule is OB(O)Oc1cc(C(F)(F)F)cc(C(F)(F)F)c1.[NaH]. The molecule has 1 aromatic rings. The molecule has 0 aliphatic carbocycles. The van der Waals surface area contributed by atoms with Crippen LogP contribution in [0.1, 0.15) is 11.1 Å². The summed E-state index contributed by atoms with van der Waals surface area (Å²) in [4.78, 5) is 0. The predicted octanol–water partition coefficient (Wildman–Crippen LogP) is 1.42. The van der Waals surface area contributed by atoms with E-state index in [-0.39, 0.29) is 47.8 Å². The zero-order valence-electron chi connectivity index (χ0n) is 8.38. The van der Waals surface area contributed by atoms with Crippen LogP contribution in [0.25, 0.3) is 0 Å². The second-order valence-electron chi connectivity index (χ2n) is 3.19. The predicted molar refractivity (Wildman–Crippen MR) is 54.4 cm³/mol. The number of halogens is 6. The third-order valence-corrected chi connectivity index (χ3v) is 1.80. The Kier molecular flexibility index (Phi) is 6.22. The molecular weight excluding hydrogens is 292 g/mol. The van der Waals surface area contributed by atoms with Gasteiger partial charge in [-0.1, -0.05) is 0 Å². The molecule has 0 aliphatic rings. The second kappa shape index (κ2) is 6.36. The van der Waals surface area contributed by atoms with Gasteiger partial charge < -0.3 is 14.7 Å². The van der Waals surface area contributed by atoms with Gasteiger partial charge in [0, 0.05) is 0 Å². The Morgan fingerprint density at radius 1 is 0.842 bits per heavy atom. The van der Waals surface area contributed by atoms with Gasteiger partial charge in [-0.25, -0.2) is 0 Å². The molecular formula is C8H6BF6NaO3. The molecule has 1 aromatic carbocycles. The van der Waals surface area contributed by atoms with Crippen molar-refractivity contribution in [3.05, 3.63) is 29.3 Å². The van der Waals surface area contributed by atoms with Gasteiger partial charge in [0.1, 0.15) is 5.75 Å². The maximum absolute atomic E-state index is 12.3. The fourth-order valence-corrected chi connectivity index (χ4v) is 1.12. The first-order chi connectivity index (χ1) is 8.00. The quantitative estimate of drug-likeness (QED) is 0.641. The zero-order valence-corrected chi connectivity index (χ0v) is 8.38. The van der Waals surface area contributed by atoms with Crippen molar-refractivity contribution < 1.29 is 41.0 Å². The van der Waals surface area contributed by atoms with Gasteiger partial charge in [0.15, 0.2) is 0 Å². The van der Waals surface area contributed by atoms with Gasteiger partial charge in [-0.2, -0.15) is 26.3 Å². The molecule has 0 radical (unpaired) electrons. The van der Waals surface area contributed by atoms with Gasteiger partial charge in [0.25, 0.3) is 0 Å². The fraction of sp³-hybridized carbons (Fsp3) is 0.250. The molecule has 0 amide bonds. The third-order valence-electron chi connectivity index (χ3n) is 1.80. The normalized spacial score (nSPS) is 11.8. The van der Waals surface area contributed by atoms with Crippen LogP contribution in [0.5, 0.6) is 5.75 Å². The molecule has 0 bridgehead atoms. The van der Waals surface area contributed by atoms with Crippen molar-refractivity contribution in [1.82, 2.24) is 0 Å². The van der Waals surface area contributed by atoms with E-state index >= 15 is 0 Å². The van der Waals surface area contributed by atoms with Crippen molar-refractivity contribution in [2.24, 2.45) is 0 Å². The van der Waals surface area contributed by atoms with Crippen LogP contribution in [0.4, 0.5) is 26.3 Å². The third kappa shape index (κ3) is 5.61. The topological polar surface area (TPSA) is 49.7 Å². The van der Waals surface area contributed by atoms with Crippen LogP contribution in [-0.4, -0.2) is 46.9 Å². The Morgan fingerprint density at radius 2 is 1.21 bits per heavy atom. The average molecular weight is 298 g/mol. The number of benzene rings is 1. The summed E-state index contributed by atoms with van der Waals surface area (Å²) in [5.74, 6) is -0.952. The molecule has 0 unspecified atom stereocenters. The van der Waals surface area contributed by atoms with Crippen LogP contribution in [-0.2, 0) is 12.4 Å². The van der Waals surface area contributed by atoms with Crippen LogP contribution in [0, 0.1) is 0 Å². The average Bonchev–Trinajstić information content (AvgIpc) is 2.13. The summed E-state index contributed by atoms with van der Waals surface area (Å²) in [6.07, 6.45) is -10.0. The molecule has 0 saturated carbocycles. The van der Waals surface area contributed by atoms with Gasteiger partial charge in [0.2, 0.25) is 0 Å². The second-order valence-corrected chi connectivity index (χ2v) is 3.19. The Labute approximate surface area is 125 Å². The monoisotopic (exact) mass is 298 g/mol. The number of alkyl halides is 6. The van der Waals surface area contributed by atoms with E-state index in [0.717, 1.165) is 0 Å². The summed E-state index contributed by atoms with van der Waals surface area (Å²) < 4.78 is 78.0. The van der Waals surface area contributed by atoms with Crippen LogP contribution < -0.4 is 4.65 Å². The van der Waals surface area contributed by atoms with E-state index in [4.69, 9.17) is 10.0 Å². The van der Waals surface area contributed by atoms with Crippen LogP contribution in [0.15, 0.2) is 18.2 Å². The Morgan fingerprint density at radius 3 is 1.47 bits per heavy atom. The molecule has 1 rings (SSSR count). The van der Waals surface area contributed by atoms with Gasteiger partial charge in [-0.05, 0) is 18.2 Å². The Balaban J connectivity index is 0.00000324. The molecule has 0 heterocycles. The molecule has 19 heavy (non-hydrogen) atoms. The van der Waals surface area contributed by atoms with E-state index in [0.29, 0.717) is 0 Å². The van der Waals surface area contributed by atoms with E-state index in [1.807, 2.05) is 0 Å². The minimum absolute atomic E-state index is 0. The molecule has 0 aromatic heterocycles. The molecule has 0 saturated heterocycles. The molecule has 3 nitrogen and oxygen atoms in total. The van der Waals surface area contributed by atoms with Crippen molar-refractivity contribution in [1.29, 1.82) is 0 Å². The van der Waals surface area contributed by atoms with E-state index < -0.39 is 36.6 Å². The summed E-state index contributed by atoms with van der Waals surface area (Å²) >= 11 is 0. The Hall–Kier alpha value is -0.415. The van der Waals surface area contributed by atoms with Crippen molar-refractivity contribution in [2.45, 2.75) is 12.4 Å². The van der Waals surface area contributed by atoms with Crippen molar-refractivity contribution in [3.8, 4) is 5.75 Å². The summed E-state index contributed by atoms with van der Waals surface area (Å²) in [7, 11) is -2.52. The van der Waals surface area contributed by atoms with Gasteiger partial charge in [0.05, 0.1) is 11.1 Å². The van der Waals surface area contributed by atoms with Crippen LogP contribution in [0.2, 0.25) is 0 Å². The molecule has 0 aliphatic heterocycles. The molecule has 0 fully saturated rings. The first-order valence-corrected chi connectivity index (χ1v) is 4.32. The van der Waals surface area contributed by atoms with Gasteiger partial charge >= 0.3 is 49.2 Å². The molecule has 102 valence electrons. The van der Waals surface area contributed by atoms with E-state index in [1.165, 1.54) is 0 Å². The van der Waals surface area contributed by atoms with E-state index in [1.54, 1.807) is 0 Å². The summed E-state index contributed by atoms with van der Waals surface area (Å²) in [5, 5.41) is 16.7. The van der Waals surface area contributed by atoms with Crippen molar-refractivity contribution in [3.63, 3.8) is 0 Å². The van der Waals surface area contributed by atoms with E-state index in [9.17, 15) is 26.3 Å². The first kappa shape index (κ1) is 18.6. The number of hydrogen-bond acceptors (Lipinski definition) is 3. The van der Waals surface area contributed by atoms with Crippen molar-refractivity contribution in [2.75, 3.05) is 0 Å². The Bertz CT molecular complexity index is 401. The summed E-state index contributed by atoms with van der Waals surface area (Å²) in [5.41, 5.74) is -3.21.